The Balaban J connectivity index is 0.739. The first kappa shape index (κ1) is 35.6. The highest BCUT2D eigenvalue weighted by molar-refractivity contribution is 6.23. The molecule has 290 valence electrons. The van der Waals surface area contributed by atoms with Gasteiger partial charge in [0, 0.05) is 62.7 Å². The number of anilines is 1. The number of nitrogens with zero attached hydrogens (tertiary/aromatic N) is 4. The number of fused-ring (bicyclic) bond motifs is 3. The Kier molecular flexibility index (Phi) is 8.55. The summed E-state index contributed by atoms with van der Waals surface area (Å²) < 4.78 is 0. The van der Waals surface area contributed by atoms with Gasteiger partial charge in [-0.2, -0.15) is 0 Å². The summed E-state index contributed by atoms with van der Waals surface area (Å²) in [5, 5.41) is 12.5. The molecule has 4 aromatic rings. The van der Waals surface area contributed by atoms with Crippen molar-refractivity contribution in [3.63, 3.8) is 0 Å². The Morgan fingerprint density at radius 3 is 2.11 bits per heavy atom. The van der Waals surface area contributed by atoms with Crippen LogP contribution in [0.3, 0.4) is 0 Å². The number of carbonyl (C=O) groups excluding carboxylic acids is 5. The van der Waals surface area contributed by atoms with Crippen molar-refractivity contribution in [3.05, 3.63) is 129 Å². The second kappa shape index (κ2) is 13.7. The third-order valence-corrected chi connectivity index (χ3v) is 13.6. The molecule has 10 rings (SSSR count). The second-order valence-electron chi connectivity index (χ2n) is 17.0. The first-order valence-corrected chi connectivity index (χ1v) is 20.2. The summed E-state index contributed by atoms with van der Waals surface area (Å²) in [5.74, 6) is -1.04. The van der Waals surface area contributed by atoms with E-state index in [9.17, 15) is 29.1 Å². The summed E-state index contributed by atoms with van der Waals surface area (Å²) in [6.07, 6.45) is 4.26. The van der Waals surface area contributed by atoms with Crippen molar-refractivity contribution >= 4 is 35.2 Å². The molecule has 6 aliphatic rings. The van der Waals surface area contributed by atoms with Crippen molar-refractivity contribution in [1.82, 2.24) is 20.0 Å². The molecule has 0 aromatic heterocycles. The van der Waals surface area contributed by atoms with Crippen LogP contribution < -0.4 is 10.2 Å². The molecular weight excluding hydrogens is 719 g/mol. The Morgan fingerprint density at radius 1 is 0.754 bits per heavy atom. The van der Waals surface area contributed by atoms with Crippen molar-refractivity contribution in [2.75, 3.05) is 37.6 Å². The number of phenolic OH excluding ortho intramolecular Hbond substituents is 1. The van der Waals surface area contributed by atoms with Crippen LogP contribution in [-0.2, 0) is 33.9 Å². The average molecular weight is 764 g/mol. The molecule has 5 amide bonds. The van der Waals surface area contributed by atoms with E-state index in [2.05, 4.69) is 75.8 Å². The van der Waals surface area contributed by atoms with E-state index in [4.69, 9.17) is 0 Å². The summed E-state index contributed by atoms with van der Waals surface area (Å²) in [4.78, 5) is 71.7. The SMILES string of the molecule is O=C1CCC(N2C(=O)c3cc4c(cc3C2=O)CN(CC(=O)N2CC3(CCN(c5ccc([C@H]6c7ccc(O)cc7CC[C@H]6c6ccccc6)cc5)CC3)C2)C4)C(=O)N1. The van der Waals surface area contributed by atoms with E-state index in [1.807, 2.05) is 17.0 Å². The van der Waals surface area contributed by atoms with E-state index < -0.39 is 29.7 Å². The van der Waals surface area contributed by atoms with Crippen LogP contribution in [0.25, 0.3) is 0 Å². The van der Waals surface area contributed by atoms with Crippen molar-refractivity contribution < 1.29 is 29.1 Å². The van der Waals surface area contributed by atoms with Crippen molar-refractivity contribution in [2.45, 2.75) is 69.5 Å². The quantitative estimate of drug-likeness (QED) is 0.260. The van der Waals surface area contributed by atoms with E-state index >= 15 is 0 Å². The molecule has 1 spiro atoms. The molecular formula is C46H45N5O6. The van der Waals surface area contributed by atoms with Gasteiger partial charge in [-0.05, 0) is 108 Å². The van der Waals surface area contributed by atoms with Gasteiger partial charge in [0.15, 0.2) is 0 Å². The van der Waals surface area contributed by atoms with Crippen LogP contribution in [0.15, 0.2) is 84.9 Å². The van der Waals surface area contributed by atoms with E-state index in [0.717, 1.165) is 67.9 Å². The van der Waals surface area contributed by atoms with Crippen LogP contribution in [0.2, 0.25) is 0 Å². The van der Waals surface area contributed by atoms with Gasteiger partial charge in [0.05, 0.1) is 17.7 Å². The van der Waals surface area contributed by atoms with E-state index in [0.29, 0.717) is 24.8 Å². The van der Waals surface area contributed by atoms with Crippen LogP contribution >= 0.6 is 0 Å². The highest BCUT2D eigenvalue weighted by Crippen LogP contribution is 2.48. The molecule has 11 nitrogen and oxygen atoms in total. The Bertz CT molecular complexity index is 2280. The summed E-state index contributed by atoms with van der Waals surface area (Å²) in [6.45, 7) is 4.72. The number of aromatic hydroxyl groups is 1. The maximum Gasteiger partial charge on any atom is 0.262 e. The normalized spacial score (nSPS) is 23.9. The lowest BCUT2D eigenvalue weighted by atomic mass is 9.69. The van der Waals surface area contributed by atoms with Gasteiger partial charge in [-0.25, -0.2) is 0 Å². The maximum absolute atomic E-state index is 13.5. The number of aryl methyl sites for hydroxylation is 1. The fourth-order valence-electron chi connectivity index (χ4n) is 10.5. The third-order valence-electron chi connectivity index (χ3n) is 13.6. The summed E-state index contributed by atoms with van der Waals surface area (Å²) in [6, 6.07) is 28.3. The Hall–Kier alpha value is -5.81. The molecule has 5 heterocycles. The summed E-state index contributed by atoms with van der Waals surface area (Å²) in [7, 11) is 0. The number of hydrogen-bond donors (Lipinski definition) is 2. The van der Waals surface area contributed by atoms with Crippen LogP contribution in [-0.4, -0.2) is 88.1 Å². The van der Waals surface area contributed by atoms with Crippen molar-refractivity contribution in [3.8, 4) is 5.75 Å². The maximum atomic E-state index is 13.5. The second-order valence-corrected chi connectivity index (χ2v) is 17.0. The zero-order chi connectivity index (χ0) is 39.0. The minimum atomic E-state index is -0.991. The summed E-state index contributed by atoms with van der Waals surface area (Å²) >= 11 is 0. The van der Waals surface area contributed by atoms with Gasteiger partial charge < -0.3 is 14.9 Å². The van der Waals surface area contributed by atoms with Gasteiger partial charge in [-0.3, -0.25) is 39.1 Å². The van der Waals surface area contributed by atoms with Gasteiger partial charge in [-0.1, -0.05) is 48.5 Å². The smallest absolute Gasteiger partial charge is 0.262 e. The molecule has 57 heavy (non-hydrogen) atoms. The van der Waals surface area contributed by atoms with Crippen molar-refractivity contribution in [2.24, 2.45) is 5.41 Å². The predicted octanol–water partition coefficient (Wildman–Crippen LogP) is 5.10. The van der Waals surface area contributed by atoms with Gasteiger partial charge in [0.1, 0.15) is 11.8 Å². The number of hydrogen-bond acceptors (Lipinski definition) is 8. The highest BCUT2D eigenvalue weighted by Gasteiger charge is 2.48. The minimum absolute atomic E-state index is 0.0796. The lowest BCUT2D eigenvalue weighted by Crippen LogP contribution is -2.63. The number of carbonyl (C=O) groups is 5. The van der Waals surface area contributed by atoms with Crippen molar-refractivity contribution in [1.29, 1.82) is 0 Å². The molecule has 11 heteroatoms. The Labute approximate surface area is 331 Å². The van der Waals surface area contributed by atoms with E-state index in [1.165, 1.54) is 27.9 Å². The molecule has 0 saturated carbocycles. The van der Waals surface area contributed by atoms with Gasteiger partial charge in [-0.15, -0.1) is 0 Å². The topological polar surface area (TPSA) is 131 Å². The number of phenols is 1. The van der Waals surface area contributed by atoms with Gasteiger partial charge >= 0.3 is 0 Å². The van der Waals surface area contributed by atoms with Crippen LogP contribution in [0.4, 0.5) is 5.69 Å². The lowest BCUT2D eigenvalue weighted by Gasteiger charge is -2.54. The molecule has 3 saturated heterocycles. The first-order valence-electron chi connectivity index (χ1n) is 20.2. The van der Waals surface area contributed by atoms with Crippen LogP contribution in [0.1, 0.15) is 98.0 Å². The number of nitrogens with one attached hydrogen (secondary N) is 1. The number of rotatable bonds is 6. The number of piperidine rings is 2. The fourth-order valence-corrected chi connectivity index (χ4v) is 10.5. The largest absolute Gasteiger partial charge is 0.508 e. The summed E-state index contributed by atoms with van der Waals surface area (Å²) in [5.41, 5.74) is 8.93. The standard InChI is InChI=1S/C46H45N5O6/c52-34-11-13-36-30(20-34)8-12-35(28-4-2-1-3-5-28)42(36)29-6-9-33(10-7-29)49-18-16-46(17-19-49)26-50(27-46)41(54)25-48-23-31-21-37-38(22-32(31)24-48)45(57)51(44(37)56)39-14-15-40(53)47-43(39)55/h1-7,9-11,13,20-22,35,39,42,52H,8,12,14-19,23-27H2,(H,47,53,55)/t35-,39?,42+/m0/s1. The molecule has 1 aliphatic carbocycles. The molecule has 0 radical (unpaired) electrons. The molecule has 4 aromatic carbocycles. The molecule has 3 atom stereocenters. The number of imide groups is 2. The fraction of sp³-hybridized carbons (Fsp3) is 0.370. The molecule has 3 fully saturated rings. The molecule has 0 bridgehead atoms. The zero-order valence-electron chi connectivity index (χ0n) is 31.8. The number of benzene rings is 4. The van der Waals surface area contributed by atoms with Crippen LogP contribution in [0.5, 0.6) is 5.75 Å². The average Bonchev–Trinajstić information content (AvgIpc) is 3.71. The molecule has 5 aliphatic heterocycles. The molecule has 1 unspecified atom stereocenters. The minimum Gasteiger partial charge on any atom is -0.508 e. The molecule has 2 N–H and O–H groups in total. The number of likely N-dealkylation sites (tertiary alicyclic amines) is 1. The van der Waals surface area contributed by atoms with E-state index in [-0.39, 0.29) is 47.8 Å². The van der Waals surface area contributed by atoms with Crippen LogP contribution in [0, 0.1) is 5.41 Å². The third kappa shape index (κ3) is 6.19. The van der Waals surface area contributed by atoms with Gasteiger partial charge in [0.25, 0.3) is 11.8 Å². The van der Waals surface area contributed by atoms with E-state index in [1.54, 1.807) is 12.1 Å². The highest BCUT2D eigenvalue weighted by atomic mass is 16.3. The predicted molar refractivity (Wildman–Crippen MR) is 212 cm³/mol. The number of amides is 5. The lowest BCUT2D eigenvalue weighted by molar-refractivity contribution is -0.146. The zero-order valence-corrected chi connectivity index (χ0v) is 31.8. The van der Waals surface area contributed by atoms with Gasteiger partial charge in [0.2, 0.25) is 17.7 Å². The first-order chi connectivity index (χ1) is 27.6. The Morgan fingerprint density at radius 2 is 1.44 bits per heavy atom. The monoisotopic (exact) mass is 763 g/mol.